The Labute approximate surface area is 102 Å². The van der Waals surface area contributed by atoms with Gasteiger partial charge in [-0.25, -0.2) is 0 Å². The van der Waals surface area contributed by atoms with Gasteiger partial charge in [-0.2, -0.15) is 0 Å². The molecule has 0 N–H and O–H groups in total. The second-order valence-corrected chi connectivity index (χ2v) is 8.15. The van der Waals surface area contributed by atoms with Gasteiger partial charge in [0.05, 0.1) is 0 Å². The Morgan fingerprint density at radius 1 is 1.38 bits per heavy atom. The zero-order valence-electron chi connectivity index (χ0n) is 9.37. The fourth-order valence-corrected chi connectivity index (χ4v) is 4.28. The molecule has 1 heterocycles. The fourth-order valence-electron chi connectivity index (χ4n) is 1.51. The number of carbonyl (C=O) groups is 1. The molecule has 1 aliphatic rings. The van der Waals surface area contributed by atoms with Crippen LogP contribution in [0.15, 0.2) is 18.2 Å². The Bertz CT molecular complexity index is 497. The Kier molecular flexibility index (Phi) is 2.66. The number of hydrogen-bond donors (Lipinski definition) is 0. The van der Waals surface area contributed by atoms with Crippen molar-refractivity contribution in [2.24, 2.45) is 0 Å². The summed E-state index contributed by atoms with van der Waals surface area (Å²) in [6.45, 7) is 6.33. The molecule has 0 saturated carbocycles. The number of nitrogens with zero attached hydrogens (tertiary/aromatic N) is 1. The van der Waals surface area contributed by atoms with E-state index in [0.29, 0.717) is 5.56 Å². The fraction of sp³-hybridized carbons (Fsp3) is 0.333. The van der Waals surface area contributed by atoms with E-state index in [2.05, 4.69) is 24.8 Å². The van der Waals surface area contributed by atoms with Gasteiger partial charge >= 0.3 is 102 Å². The summed E-state index contributed by atoms with van der Waals surface area (Å²) in [5.41, 5.74) is 1.75. The average Bonchev–Trinajstić information content (AvgIpc) is 2.54. The van der Waals surface area contributed by atoms with Crippen molar-refractivity contribution in [1.82, 2.24) is 0 Å². The van der Waals surface area contributed by atoms with Crippen LogP contribution < -0.4 is 0 Å². The molecule has 3 nitrogen and oxygen atoms in total. The second-order valence-electron chi connectivity index (χ2n) is 4.64. The Balaban J connectivity index is 2.55. The van der Waals surface area contributed by atoms with Crippen LogP contribution in [0.2, 0.25) is 0 Å². The molecule has 0 bridgehead atoms. The van der Waals surface area contributed by atoms with Crippen LogP contribution in [0, 0.1) is 12.9 Å². The topological polar surface area (TPSA) is 50.1 Å². The predicted molar refractivity (Wildman–Crippen MR) is 68.9 cm³/mol. The summed E-state index contributed by atoms with van der Waals surface area (Å²) in [6.07, 6.45) is 0. The van der Waals surface area contributed by atoms with Crippen molar-refractivity contribution in [2.45, 2.75) is 26.2 Å². The maximum absolute atomic E-state index is 11.5. The third-order valence-corrected chi connectivity index (χ3v) is 5.69. The number of rotatable bonds is 0. The molecule has 0 aromatic heterocycles. The van der Waals surface area contributed by atoms with Gasteiger partial charge in [0.1, 0.15) is 0 Å². The first-order valence-corrected chi connectivity index (χ1v) is 7.94. The van der Waals surface area contributed by atoms with Crippen LogP contribution in [0.1, 0.15) is 36.7 Å². The van der Waals surface area contributed by atoms with Crippen molar-refractivity contribution >= 4 is 26.2 Å². The molecule has 4 heteroatoms. The monoisotopic (exact) mass is 329 g/mol. The summed E-state index contributed by atoms with van der Waals surface area (Å²) >= 11 is -2.34. The molecule has 0 spiro atoms. The van der Waals surface area contributed by atoms with Crippen LogP contribution in [0.5, 0.6) is 0 Å². The van der Waals surface area contributed by atoms with E-state index in [4.69, 9.17) is 8.33 Å². The minimum absolute atomic E-state index is 0.0257. The van der Waals surface area contributed by atoms with Crippen LogP contribution in [0.3, 0.4) is 0 Å². The predicted octanol–water partition coefficient (Wildman–Crippen LogP) is 3.23. The average molecular weight is 329 g/mol. The number of halogens is 1. The van der Waals surface area contributed by atoms with Gasteiger partial charge < -0.3 is 0 Å². The van der Waals surface area contributed by atoms with Gasteiger partial charge in [0, 0.05) is 0 Å². The Hall–Kier alpha value is -1.09. The maximum atomic E-state index is 11.5. The molecular weight excluding hydrogens is 317 g/mol. The number of carbonyl (C=O) groups excluding carboxylic acids is 1. The van der Waals surface area contributed by atoms with Gasteiger partial charge in [-0.3, -0.25) is 0 Å². The second kappa shape index (κ2) is 3.74. The van der Waals surface area contributed by atoms with Crippen molar-refractivity contribution in [3.63, 3.8) is 0 Å². The Morgan fingerprint density at radius 3 is 2.62 bits per heavy atom. The summed E-state index contributed by atoms with van der Waals surface area (Å²) in [7, 11) is 0. The van der Waals surface area contributed by atoms with Gasteiger partial charge in [-0.1, -0.05) is 0 Å². The summed E-state index contributed by atoms with van der Waals surface area (Å²) < 4.78 is 8.10. The molecule has 0 saturated heterocycles. The van der Waals surface area contributed by atoms with Crippen molar-refractivity contribution in [3.8, 4) is 4.08 Å². The molecule has 1 aromatic rings. The number of nitriles is 1. The van der Waals surface area contributed by atoms with Crippen LogP contribution in [-0.4, -0.2) is 5.97 Å². The van der Waals surface area contributed by atoms with E-state index in [-0.39, 0.29) is 11.4 Å². The van der Waals surface area contributed by atoms with Gasteiger partial charge in [-0.15, -0.1) is 0 Å². The summed E-state index contributed by atoms with van der Waals surface area (Å²) in [6, 6.07) is 5.69. The van der Waals surface area contributed by atoms with Crippen molar-refractivity contribution < 1.29 is 7.86 Å². The van der Waals surface area contributed by atoms with Gasteiger partial charge in [0.25, 0.3) is 0 Å². The first kappa shape index (κ1) is 11.4. The van der Waals surface area contributed by atoms with Crippen LogP contribution >= 0.6 is 20.2 Å². The Morgan fingerprint density at radius 2 is 2.06 bits per heavy atom. The normalized spacial score (nSPS) is 16.6. The summed E-state index contributed by atoms with van der Waals surface area (Å²) in [4.78, 5) is 11.5. The molecule has 2 rings (SSSR count). The zero-order valence-corrected chi connectivity index (χ0v) is 11.5. The van der Waals surface area contributed by atoms with Crippen molar-refractivity contribution in [1.29, 1.82) is 5.26 Å². The molecule has 84 valence electrons. The van der Waals surface area contributed by atoms with E-state index in [1.54, 1.807) is 6.07 Å². The van der Waals surface area contributed by atoms with Crippen molar-refractivity contribution in [2.75, 3.05) is 0 Å². The molecule has 0 amide bonds. The standard InChI is InChI=1S/C12H12INO2/c1-12(2,3)8-4-5-9-10(6-8)13(7-14)16-11(9)15/h4-6H,1-3H3. The molecule has 0 fully saturated rings. The van der Waals surface area contributed by atoms with Crippen molar-refractivity contribution in [3.05, 3.63) is 32.9 Å². The number of hydrogen-bond acceptors (Lipinski definition) is 3. The molecule has 0 aliphatic carbocycles. The van der Waals surface area contributed by atoms with Crippen LogP contribution in [0.4, 0.5) is 0 Å². The molecule has 16 heavy (non-hydrogen) atoms. The molecule has 0 atom stereocenters. The summed E-state index contributed by atoms with van der Waals surface area (Å²) in [5, 5.41) is 8.97. The van der Waals surface area contributed by atoms with E-state index < -0.39 is 20.2 Å². The number of fused-ring (bicyclic) bond motifs is 1. The molecule has 0 radical (unpaired) electrons. The van der Waals surface area contributed by atoms with E-state index >= 15 is 0 Å². The first-order valence-electron chi connectivity index (χ1n) is 4.90. The third kappa shape index (κ3) is 1.80. The third-order valence-electron chi connectivity index (χ3n) is 2.46. The van der Waals surface area contributed by atoms with Gasteiger partial charge in [0.2, 0.25) is 0 Å². The summed E-state index contributed by atoms with van der Waals surface area (Å²) in [5.74, 6) is -0.331. The van der Waals surface area contributed by atoms with E-state index in [1.165, 1.54) is 0 Å². The minimum atomic E-state index is -2.34. The molecule has 0 unspecified atom stereocenters. The molecular formula is C12H12INO2. The van der Waals surface area contributed by atoms with E-state index in [0.717, 1.165) is 9.13 Å². The quantitative estimate of drug-likeness (QED) is 0.687. The number of benzene rings is 1. The molecule has 1 aromatic carbocycles. The SMILES string of the molecule is CC(C)(C)c1ccc2c(c1)I(C#N)OC2=O. The molecule has 1 aliphatic heterocycles. The van der Waals surface area contributed by atoms with Crippen LogP contribution in [-0.2, 0) is 8.48 Å². The van der Waals surface area contributed by atoms with Gasteiger partial charge in [-0.05, 0) is 0 Å². The van der Waals surface area contributed by atoms with Crippen LogP contribution in [0.25, 0.3) is 0 Å². The van der Waals surface area contributed by atoms with Gasteiger partial charge in [0.15, 0.2) is 0 Å². The first-order chi connectivity index (χ1) is 7.43. The van der Waals surface area contributed by atoms with E-state index in [9.17, 15) is 4.79 Å². The zero-order chi connectivity index (χ0) is 11.9. The van der Waals surface area contributed by atoms with E-state index in [1.807, 2.05) is 12.1 Å².